The molecule has 0 atom stereocenters. The standard InChI is InChI=1S/C3H4N3S2/c4-3-5-2(1-7)6-8-3/h1H2,(H2,4,5,6). The van der Waals surface area contributed by atoms with Crippen LogP contribution >= 0.6 is 24.2 Å². The predicted molar refractivity (Wildman–Crippen MR) is 35.6 cm³/mol. The molecule has 0 aromatic carbocycles. The first-order chi connectivity index (χ1) is 3.83. The Hall–Kier alpha value is -0.290. The predicted octanol–water partition coefficient (Wildman–Crippen LogP) is 0.818. The van der Waals surface area contributed by atoms with E-state index in [1.807, 2.05) is 0 Å². The van der Waals surface area contributed by atoms with Crippen LogP contribution in [0.3, 0.4) is 0 Å². The van der Waals surface area contributed by atoms with Gasteiger partial charge >= 0.3 is 0 Å². The normalized spacial score (nSPS) is 9.62. The number of anilines is 1. The van der Waals surface area contributed by atoms with E-state index in [2.05, 4.69) is 22.0 Å². The number of hydrogen-bond donors (Lipinski definition) is 1. The maximum atomic E-state index is 5.25. The Bertz CT molecular complexity index is 173. The van der Waals surface area contributed by atoms with Crippen LogP contribution in [0.1, 0.15) is 5.82 Å². The third-order valence-corrected chi connectivity index (χ3v) is 1.45. The molecule has 2 N–H and O–H groups in total. The van der Waals surface area contributed by atoms with Gasteiger partial charge in [0.15, 0.2) is 11.0 Å². The summed E-state index contributed by atoms with van der Waals surface area (Å²) >= 11 is 5.84. The summed E-state index contributed by atoms with van der Waals surface area (Å²) in [6, 6.07) is 0. The van der Waals surface area contributed by atoms with Gasteiger partial charge in [-0.1, -0.05) is 12.6 Å². The number of nitrogens with zero attached hydrogens (tertiary/aromatic N) is 2. The molecule has 1 aromatic rings. The molecule has 0 aliphatic carbocycles. The van der Waals surface area contributed by atoms with E-state index in [0.717, 1.165) is 0 Å². The van der Waals surface area contributed by atoms with Gasteiger partial charge in [0.25, 0.3) is 0 Å². The second kappa shape index (κ2) is 2.32. The molecule has 0 fully saturated rings. The summed E-state index contributed by atoms with van der Waals surface area (Å²) in [4.78, 5) is 3.81. The lowest BCUT2D eigenvalue weighted by Gasteiger charge is -1.75. The summed E-state index contributed by atoms with van der Waals surface area (Å²) in [5.41, 5.74) is 5.25. The number of aromatic nitrogens is 2. The zero-order valence-corrected chi connectivity index (χ0v) is 5.63. The number of nitrogen functional groups attached to an aromatic ring is 1. The molecular weight excluding hydrogens is 142 g/mol. The maximum absolute atomic E-state index is 5.25. The molecule has 0 aliphatic rings. The monoisotopic (exact) mass is 146 g/mol. The van der Waals surface area contributed by atoms with Crippen molar-refractivity contribution >= 4 is 29.3 Å². The first-order valence-electron chi connectivity index (χ1n) is 1.99. The average Bonchev–Trinajstić information content (AvgIpc) is 2.14. The van der Waals surface area contributed by atoms with E-state index >= 15 is 0 Å². The quantitative estimate of drug-likeness (QED) is 0.638. The van der Waals surface area contributed by atoms with E-state index in [4.69, 9.17) is 5.73 Å². The Morgan fingerprint density at radius 2 is 2.50 bits per heavy atom. The molecule has 0 aliphatic heterocycles. The SMILES string of the molecule is Nc1nc(C[S])ns1. The average molecular weight is 146 g/mol. The van der Waals surface area contributed by atoms with Gasteiger partial charge in [0, 0.05) is 11.5 Å². The second-order valence-electron chi connectivity index (χ2n) is 1.19. The van der Waals surface area contributed by atoms with Gasteiger partial charge in [0.1, 0.15) is 0 Å². The zero-order chi connectivity index (χ0) is 5.98. The van der Waals surface area contributed by atoms with Crippen molar-refractivity contribution in [3.05, 3.63) is 5.82 Å². The smallest absolute Gasteiger partial charge is 0.199 e. The number of hydrogen-bond acceptors (Lipinski definition) is 4. The molecule has 5 heteroatoms. The van der Waals surface area contributed by atoms with Crippen LogP contribution in [-0.4, -0.2) is 9.36 Å². The van der Waals surface area contributed by atoms with Crippen molar-refractivity contribution in [2.75, 3.05) is 5.73 Å². The second-order valence-corrected chi connectivity index (χ2v) is 2.27. The van der Waals surface area contributed by atoms with E-state index in [9.17, 15) is 0 Å². The van der Waals surface area contributed by atoms with Gasteiger partial charge in [-0.2, -0.15) is 4.37 Å². The minimum Gasteiger partial charge on any atom is -0.374 e. The Kier molecular flexibility index (Phi) is 1.69. The van der Waals surface area contributed by atoms with Crippen molar-refractivity contribution in [2.45, 2.75) is 5.75 Å². The molecule has 1 heterocycles. The highest BCUT2D eigenvalue weighted by atomic mass is 32.1. The molecule has 0 bridgehead atoms. The van der Waals surface area contributed by atoms with Crippen LogP contribution in [-0.2, 0) is 5.75 Å². The van der Waals surface area contributed by atoms with Gasteiger partial charge in [0.05, 0.1) is 5.75 Å². The Morgan fingerprint density at radius 3 is 2.75 bits per heavy atom. The van der Waals surface area contributed by atoms with Gasteiger partial charge in [0.2, 0.25) is 0 Å². The highest BCUT2D eigenvalue weighted by molar-refractivity contribution is 7.79. The number of rotatable bonds is 1. The summed E-state index contributed by atoms with van der Waals surface area (Å²) in [6.07, 6.45) is 0. The molecule has 43 valence electrons. The summed E-state index contributed by atoms with van der Waals surface area (Å²) in [6.45, 7) is 0. The summed E-state index contributed by atoms with van der Waals surface area (Å²) < 4.78 is 3.84. The van der Waals surface area contributed by atoms with Crippen LogP contribution in [0.15, 0.2) is 0 Å². The molecule has 1 rings (SSSR count). The van der Waals surface area contributed by atoms with Gasteiger partial charge in [-0.05, 0) is 0 Å². The van der Waals surface area contributed by atoms with Crippen LogP contribution in [0.25, 0.3) is 0 Å². The first kappa shape index (κ1) is 5.84. The molecule has 0 amide bonds. The van der Waals surface area contributed by atoms with E-state index in [1.54, 1.807) is 0 Å². The molecule has 1 radical (unpaired) electrons. The van der Waals surface area contributed by atoms with Gasteiger partial charge in [-0.3, -0.25) is 0 Å². The van der Waals surface area contributed by atoms with Crippen LogP contribution in [0, 0.1) is 0 Å². The maximum Gasteiger partial charge on any atom is 0.199 e. The number of nitrogens with two attached hydrogens (primary N) is 1. The Morgan fingerprint density at radius 1 is 1.75 bits per heavy atom. The minimum absolute atomic E-state index is 0.452. The van der Waals surface area contributed by atoms with Gasteiger partial charge < -0.3 is 5.73 Å². The molecule has 0 saturated carbocycles. The Balaban J connectivity index is 2.84. The first-order valence-corrected chi connectivity index (χ1v) is 3.34. The minimum atomic E-state index is 0.452. The highest BCUT2D eigenvalue weighted by Crippen LogP contribution is 2.06. The molecule has 0 spiro atoms. The van der Waals surface area contributed by atoms with E-state index in [1.165, 1.54) is 11.5 Å². The highest BCUT2D eigenvalue weighted by Gasteiger charge is 1.95. The van der Waals surface area contributed by atoms with E-state index in [-0.39, 0.29) is 0 Å². The lowest BCUT2D eigenvalue weighted by Crippen LogP contribution is -1.83. The van der Waals surface area contributed by atoms with Crippen molar-refractivity contribution in [3.8, 4) is 0 Å². The van der Waals surface area contributed by atoms with Crippen LogP contribution < -0.4 is 5.73 Å². The fourth-order valence-corrected chi connectivity index (χ4v) is 0.987. The van der Waals surface area contributed by atoms with Crippen molar-refractivity contribution < 1.29 is 0 Å². The van der Waals surface area contributed by atoms with E-state index in [0.29, 0.717) is 16.7 Å². The lowest BCUT2D eigenvalue weighted by molar-refractivity contribution is 1.15. The van der Waals surface area contributed by atoms with Gasteiger partial charge in [-0.15, -0.1) is 0 Å². The third kappa shape index (κ3) is 1.10. The largest absolute Gasteiger partial charge is 0.374 e. The summed E-state index contributed by atoms with van der Waals surface area (Å²) in [5, 5.41) is 0.491. The lowest BCUT2D eigenvalue weighted by atomic mass is 10.7. The molecule has 8 heavy (non-hydrogen) atoms. The molecule has 0 unspecified atom stereocenters. The summed E-state index contributed by atoms with van der Waals surface area (Å²) in [5.74, 6) is 1.11. The van der Waals surface area contributed by atoms with Crippen LogP contribution in [0.4, 0.5) is 5.13 Å². The van der Waals surface area contributed by atoms with Crippen molar-refractivity contribution in [1.82, 2.24) is 9.36 Å². The van der Waals surface area contributed by atoms with Crippen LogP contribution in [0.2, 0.25) is 0 Å². The zero-order valence-electron chi connectivity index (χ0n) is 4.00. The molecule has 3 nitrogen and oxygen atoms in total. The summed E-state index contributed by atoms with van der Waals surface area (Å²) in [7, 11) is 0. The Labute approximate surface area is 56.5 Å². The van der Waals surface area contributed by atoms with E-state index < -0.39 is 0 Å². The fraction of sp³-hybridized carbons (Fsp3) is 0.333. The van der Waals surface area contributed by atoms with Crippen molar-refractivity contribution in [3.63, 3.8) is 0 Å². The fourth-order valence-electron chi connectivity index (χ4n) is 0.326. The van der Waals surface area contributed by atoms with Crippen LogP contribution in [0.5, 0.6) is 0 Å². The van der Waals surface area contributed by atoms with Gasteiger partial charge in [-0.25, -0.2) is 4.98 Å². The van der Waals surface area contributed by atoms with Crippen molar-refractivity contribution in [2.24, 2.45) is 0 Å². The molecule has 0 saturated heterocycles. The molecule has 1 aromatic heterocycles. The third-order valence-electron chi connectivity index (χ3n) is 0.613. The topological polar surface area (TPSA) is 51.8 Å². The van der Waals surface area contributed by atoms with Crippen molar-refractivity contribution in [1.29, 1.82) is 0 Å². The molecular formula is C3H4N3S2.